The van der Waals surface area contributed by atoms with Gasteiger partial charge in [0, 0.05) is 42.1 Å². The quantitative estimate of drug-likeness (QED) is 0.735. The van der Waals surface area contributed by atoms with Gasteiger partial charge in [-0.1, -0.05) is 0 Å². The van der Waals surface area contributed by atoms with Crippen LogP contribution in [0, 0.1) is 6.92 Å². The largest absolute Gasteiger partial charge is 0.508 e. The number of aromatic hydroxyl groups is 1. The van der Waals surface area contributed by atoms with Crippen LogP contribution in [0.25, 0.3) is 10.9 Å². The number of carbonyl (C=O) groups excluding carboxylic acids is 1. The van der Waals surface area contributed by atoms with Crippen LogP contribution in [0.1, 0.15) is 28.7 Å². The Bertz CT molecular complexity index is 883. The molecule has 0 radical (unpaired) electrons. The van der Waals surface area contributed by atoms with Gasteiger partial charge in [-0.05, 0) is 26.0 Å². The number of fused-ring (bicyclic) bond motifs is 1. The first-order valence-electron chi connectivity index (χ1n) is 7.47. The molecule has 3 aromatic rings. The van der Waals surface area contributed by atoms with Crippen molar-refractivity contribution in [1.82, 2.24) is 14.1 Å². The highest BCUT2D eigenvalue weighted by atomic mass is 35.5. The van der Waals surface area contributed by atoms with E-state index in [2.05, 4.69) is 4.98 Å². The van der Waals surface area contributed by atoms with Crippen LogP contribution in [0.5, 0.6) is 5.75 Å². The molecule has 0 saturated carbocycles. The van der Waals surface area contributed by atoms with Crippen LogP contribution in [0.2, 0.25) is 0 Å². The van der Waals surface area contributed by atoms with E-state index >= 15 is 0 Å². The number of hydrogen-bond acceptors (Lipinski definition) is 4. The maximum Gasteiger partial charge on any atom is 0.340 e. The summed E-state index contributed by atoms with van der Waals surface area (Å²) in [6.07, 6.45) is 5.30. The molecule has 0 spiro atoms. The maximum atomic E-state index is 12.3. The van der Waals surface area contributed by atoms with E-state index in [4.69, 9.17) is 4.74 Å². The number of esters is 1. The van der Waals surface area contributed by atoms with Crippen LogP contribution in [0.4, 0.5) is 0 Å². The number of hydrogen-bond donors (Lipinski definition) is 1. The van der Waals surface area contributed by atoms with Gasteiger partial charge in [0.15, 0.2) is 0 Å². The van der Waals surface area contributed by atoms with Crippen molar-refractivity contribution in [2.75, 3.05) is 6.61 Å². The molecule has 7 heteroatoms. The first kappa shape index (κ1) is 17.9. The summed E-state index contributed by atoms with van der Waals surface area (Å²) in [4.78, 5) is 16.5. The maximum absolute atomic E-state index is 12.3. The summed E-state index contributed by atoms with van der Waals surface area (Å²) in [5.74, 6) is 0.615. The van der Waals surface area contributed by atoms with Gasteiger partial charge in [0.05, 0.1) is 18.7 Å². The third-order valence-corrected chi connectivity index (χ3v) is 3.99. The Labute approximate surface area is 146 Å². The second-order valence-corrected chi connectivity index (χ2v) is 5.43. The fourth-order valence-corrected chi connectivity index (χ4v) is 2.81. The molecule has 0 bridgehead atoms. The van der Waals surface area contributed by atoms with Gasteiger partial charge < -0.3 is 19.0 Å². The molecule has 0 amide bonds. The summed E-state index contributed by atoms with van der Waals surface area (Å²) in [5, 5.41) is 11.1. The summed E-state index contributed by atoms with van der Waals surface area (Å²) in [6, 6.07) is 3.45. The average Bonchev–Trinajstić information content (AvgIpc) is 3.06. The van der Waals surface area contributed by atoms with E-state index in [-0.39, 0.29) is 24.1 Å². The van der Waals surface area contributed by atoms with Crippen LogP contribution in [0.15, 0.2) is 30.7 Å². The van der Waals surface area contributed by atoms with Gasteiger partial charge in [0.25, 0.3) is 0 Å². The Balaban J connectivity index is 0.00000208. The molecular formula is C17H20ClN3O3. The first-order chi connectivity index (χ1) is 11.0. The first-order valence-corrected chi connectivity index (χ1v) is 7.47. The molecule has 1 aromatic carbocycles. The van der Waals surface area contributed by atoms with Crippen molar-refractivity contribution in [3.63, 3.8) is 0 Å². The van der Waals surface area contributed by atoms with E-state index in [9.17, 15) is 9.90 Å². The number of aryl methyl sites for hydroxylation is 2. The molecule has 0 fully saturated rings. The van der Waals surface area contributed by atoms with Gasteiger partial charge in [-0.2, -0.15) is 0 Å². The molecule has 128 valence electrons. The second-order valence-electron chi connectivity index (χ2n) is 5.43. The van der Waals surface area contributed by atoms with E-state index in [1.165, 1.54) is 0 Å². The smallest absolute Gasteiger partial charge is 0.340 e. The fraction of sp³-hybridized carbons (Fsp3) is 0.294. The Morgan fingerprint density at radius 3 is 2.75 bits per heavy atom. The average molecular weight is 350 g/mol. The van der Waals surface area contributed by atoms with E-state index in [1.807, 2.05) is 29.3 Å². The standard InChI is InChI=1S/C17H19N3O3.ClH/c1-4-23-17(22)13-9-19(3)14-5-6-15(21)12(16(13)14)10-20-8-7-18-11(20)2;/h5-9,21H,4,10H2,1-3H3;1H. The number of carbonyl (C=O) groups is 1. The number of ether oxygens (including phenoxy) is 1. The number of aromatic nitrogens is 3. The van der Waals surface area contributed by atoms with Gasteiger partial charge in [0.2, 0.25) is 0 Å². The van der Waals surface area contributed by atoms with Crippen molar-refractivity contribution in [2.24, 2.45) is 7.05 Å². The second kappa shape index (κ2) is 6.97. The topological polar surface area (TPSA) is 69.3 Å². The van der Waals surface area contributed by atoms with E-state index < -0.39 is 0 Å². The molecule has 0 aliphatic heterocycles. The number of phenols is 1. The van der Waals surface area contributed by atoms with Crippen molar-refractivity contribution in [2.45, 2.75) is 20.4 Å². The summed E-state index contributed by atoms with van der Waals surface area (Å²) in [6.45, 7) is 4.42. The molecule has 3 rings (SSSR count). The third-order valence-electron chi connectivity index (χ3n) is 3.99. The van der Waals surface area contributed by atoms with Gasteiger partial charge >= 0.3 is 5.97 Å². The van der Waals surface area contributed by atoms with Crippen molar-refractivity contribution in [3.05, 3.63) is 47.7 Å². The summed E-state index contributed by atoms with van der Waals surface area (Å²) < 4.78 is 8.94. The van der Waals surface area contributed by atoms with Crippen molar-refractivity contribution >= 4 is 29.3 Å². The van der Waals surface area contributed by atoms with E-state index in [0.29, 0.717) is 24.3 Å². The zero-order valence-corrected chi connectivity index (χ0v) is 14.6. The lowest BCUT2D eigenvalue weighted by Gasteiger charge is -2.11. The fourth-order valence-electron chi connectivity index (χ4n) is 2.81. The highest BCUT2D eigenvalue weighted by Crippen LogP contribution is 2.32. The van der Waals surface area contributed by atoms with Gasteiger partial charge in [-0.15, -0.1) is 12.4 Å². The number of phenolic OH excluding ortho intramolecular Hbond substituents is 1. The molecule has 24 heavy (non-hydrogen) atoms. The molecule has 0 unspecified atom stereocenters. The molecule has 2 aromatic heterocycles. The number of nitrogens with zero attached hydrogens (tertiary/aromatic N) is 3. The van der Waals surface area contributed by atoms with E-state index in [0.717, 1.165) is 16.7 Å². The molecule has 1 N–H and O–H groups in total. The van der Waals surface area contributed by atoms with Gasteiger partial charge in [-0.3, -0.25) is 0 Å². The summed E-state index contributed by atoms with van der Waals surface area (Å²) in [7, 11) is 1.87. The number of rotatable bonds is 4. The number of halogens is 1. The van der Waals surface area contributed by atoms with Gasteiger partial charge in [-0.25, -0.2) is 9.78 Å². The minimum Gasteiger partial charge on any atom is -0.508 e. The van der Waals surface area contributed by atoms with Crippen molar-refractivity contribution < 1.29 is 14.6 Å². The Kier molecular flexibility index (Phi) is 5.19. The molecule has 0 saturated heterocycles. The predicted octanol–water partition coefficient (Wildman–Crippen LogP) is 3.04. The normalized spacial score (nSPS) is 10.6. The third kappa shape index (κ3) is 2.97. The Morgan fingerprint density at radius 2 is 2.12 bits per heavy atom. The highest BCUT2D eigenvalue weighted by molar-refractivity contribution is 6.06. The SMILES string of the molecule is CCOC(=O)c1cn(C)c2ccc(O)c(Cn3ccnc3C)c12.Cl. The molecule has 2 heterocycles. The molecule has 0 aliphatic rings. The van der Waals surface area contributed by atoms with E-state index in [1.54, 1.807) is 31.5 Å². The zero-order chi connectivity index (χ0) is 16.6. The Hall–Kier alpha value is -2.47. The van der Waals surface area contributed by atoms with Crippen LogP contribution in [-0.2, 0) is 18.3 Å². The van der Waals surface area contributed by atoms with Crippen molar-refractivity contribution in [3.8, 4) is 5.75 Å². The Morgan fingerprint density at radius 1 is 1.38 bits per heavy atom. The van der Waals surface area contributed by atoms with Gasteiger partial charge in [0.1, 0.15) is 11.6 Å². The van der Waals surface area contributed by atoms with Crippen LogP contribution in [-0.4, -0.2) is 31.8 Å². The minimum atomic E-state index is -0.382. The lowest BCUT2D eigenvalue weighted by atomic mass is 10.0. The number of benzene rings is 1. The zero-order valence-electron chi connectivity index (χ0n) is 13.8. The minimum absolute atomic E-state index is 0. The van der Waals surface area contributed by atoms with Crippen LogP contribution < -0.4 is 0 Å². The summed E-state index contributed by atoms with van der Waals surface area (Å²) >= 11 is 0. The lowest BCUT2D eigenvalue weighted by molar-refractivity contribution is 0.0528. The van der Waals surface area contributed by atoms with Crippen molar-refractivity contribution in [1.29, 1.82) is 0 Å². The van der Waals surface area contributed by atoms with Crippen LogP contribution in [0.3, 0.4) is 0 Å². The highest BCUT2D eigenvalue weighted by Gasteiger charge is 2.20. The predicted molar refractivity (Wildman–Crippen MR) is 93.9 cm³/mol. The monoisotopic (exact) mass is 349 g/mol. The molecular weight excluding hydrogens is 330 g/mol. The number of imidazole rings is 1. The lowest BCUT2D eigenvalue weighted by Crippen LogP contribution is -2.06. The molecule has 0 atom stereocenters. The molecule has 6 nitrogen and oxygen atoms in total. The van der Waals surface area contributed by atoms with Crippen LogP contribution >= 0.6 is 12.4 Å². The molecule has 0 aliphatic carbocycles. The summed E-state index contributed by atoms with van der Waals surface area (Å²) in [5.41, 5.74) is 2.03.